The van der Waals surface area contributed by atoms with Gasteiger partial charge in [-0.1, -0.05) is 67.7 Å². The Labute approximate surface area is 293 Å². The van der Waals surface area contributed by atoms with Crippen molar-refractivity contribution >= 4 is 33.5 Å². The van der Waals surface area contributed by atoms with Crippen molar-refractivity contribution in [2.75, 3.05) is 11.8 Å². The van der Waals surface area contributed by atoms with E-state index in [-0.39, 0.29) is 34.8 Å². The lowest BCUT2D eigenvalue weighted by atomic mass is 9.96. The van der Waals surface area contributed by atoms with Gasteiger partial charge >= 0.3 is 0 Å². The summed E-state index contributed by atoms with van der Waals surface area (Å²) >= 11 is 0. The lowest BCUT2D eigenvalue weighted by Gasteiger charge is -2.24. The monoisotopic (exact) mass is 697 g/mol. The number of amides is 2. The quantitative estimate of drug-likeness (QED) is 0.179. The first kappa shape index (κ1) is 34.9. The Kier molecular flexibility index (Phi) is 9.88. The molecule has 50 heavy (non-hydrogen) atoms. The van der Waals surface area contributed by atoms with Gasteiger partial charge in [0.25, 0.3) is 21.8 Å². The first-order valence-corrected chi connectivity index (χ1v) is 18.5. The molecule has 1 fully saturated rings. The Balaban J connectivity index is 1.39. The van der Waals surface area contributed by atoms with Gasteiger partial charge in [0, 0.05) is 37.3 Å². The van der Waals surface area contributed by atoms with Gasteiger partial charge in [-0.05, 0) is 62.8 Å². The summed E-state index contributed by atoms with van der Waals surface area (Å²) in [5.41, 5.74) is 3.44. The van der Waals surface area contributed by atoms with E-state index in [0.29, 0.717) is 40.3 Å². The van der Waals surface area contributed by atoms with Crippen LogP contribution in [0, 0.1) is 20.8 Å². The Bertz CT molecular complexity index is 2050. The molecule has 0 atom stereocenters. The van der Waals surface area contributed by atoms with Crippen LogP contribution in [0.5, 0.6) is 0 Å². The third-order valence-corrected chi connectivity index (χ3v) is 11.0. The topological polar surface area (TPSA) is 151 Å². The molecule has 0 bridgehead atoms. The number of carbonyl (C=O) groups excluding carboxylic acids is 2. The third kappa shape index (κ3) is 6.91. The molecule has 0 radical (unpaired) electrons. The number of hydrogen-bond donors (Lipinski definition) is 1. The van der Waals surface area contributed by atoms with Crippen molar-refractivity contribution in [1.82, 2.24) is 24.9 Å². The smallest absolute Gasteiger partial charge is 0.274 e. The Morgan fingerprint density at radius 1 is 1.04 bits per heavy atom. The number of anilines is 1. The van der Waals surface area contributed by atoms with E-state index in [9.17, 15) is 18.0 Å². The van der Waals surface area contributed by atoms with Crippen LogP contribution < -0.4 is 4.72 Å². The molecule has 1 aliphatic heterocycles. The maximum atomic E-state index is 13.9. The highest BCUT2D eigenvalue weighted by atomic mass is 32.2. The second-order valence-electron chi connectivity index (χ2n) is 13.3. The second kappa shape index (κ2) is 14.1. The molecule has 4 aromatic rings. The summed E-state index contributed by atoms with van der Waals surface area (Å²) < 4.78 is 35.5. The molecule has 1 aliphatic carbocycles. The predicted octanol–water partition coefficient (Wildman–Crippen LogP) is 6.37. The van der Waals surface area contributed by atoms with Gasteiger partial charge in [-0.2, -0.15) is 0 Å². The minimum atomic E-state index is -4.12. The van der Waals surface area contributed by atoms with Crippen LogP contribution in [0.1, 0.15) is 90.5 Å². The molecule has 262 valence electrons. The number of aromatic nitrogens is 3. The molecular weight excluding hydrogens is 655 g/mol. The first-order chi connectivity index (χ1) is 23.9. The van der Waals surface area contributed by atoms with E-state index in [1.165, 1.54) is 17.2 Å². The van der Waals surface area contributed by atoms with Crippen molar-refractivity contribution in [2.24, 2.45) is 4.99 Å². The molecule has 2 amide bonds. The highest BCUT2D eigenvalue weighted by molar-refractivity contribution is 7.92. The number of nitrogens with one attached hydrogen (secondary N) is 1. The number of unbranched alkanes of at least 4 members (excludes halogenated alkanes) is 1. The van der Waals surface area contributed by atoms with E-state index < -0.39 is 15.6 Å². The average molecular weight is 698 g/mol. The molecule has 2 aromatic carbocycles. The van der Waals surface area contributed by atoms with Crippen LogP contribution in [0.4, 0.5) is 5.82 Å². The summed E-state index contributed by atoms with van der Waals surface area (Å²) in [6, 6.07) is 12.4. The van der Waals surface area contributed by atoms with Crippen molar-refractivity contribution < 1.29 is 22.5 Å². The zero-order chi connectivity index (χ0) is 35.6. The summed E-state index contributed by atoms with van der Waals surface area (Å²) in [5, 5.41) is 3.89. The van der Waals surface area contributed by atoms with Crippen LogP contribution in [-0.2, 0) is 27.9 Å². The summed E-state index contributed by atoms with van der Waals surface area (Å²) in [6.45, 7) is 7.82. The zero-order valence-corrected chi connectivity index (χ0v) is 30.0. The molecule has 13 heteroatoms. The number of nitrogens with zero attached hydrogens (tertiary/aromatic N) is 6. The number of aliphatic imine (C=N–C) groups is 1. The number of amidine groups is 1. The molecule has 1 N–H and O–H groups in total. The Morgan fingerprint density at radius 3 is 2.48 bits per heavy atom. The molecule has 6 rings (SSSR count). The highest BCUT2D eigenvalue weighted by Gasteiger charge is 2.49. The standard InChI is InChI=1S/C37H43N7O5S/c1-6-7-14-33-40-37(17-10-11-18-37)36(46)44(33)22-27-15-16-29(28(19-27)23-43(5)35(45)31-21-38-24(2)20-39-31)30-12-8-9-13-32(30)50(47,48)42-34-25(3)26(4)49-41-34/h8-9,12-13,15-16,19-21H,6-7,10-11,14,17-18,22-23H2,1-5H3,(H,41,42). The van der Waals surface area contributed by atoms with Crippen LogP contribution in [0.15, 0.2) is 69.3 Å². The zero-order valence-electron chi connectivity index (χ0n) is 29.2. The molecule has 0 saturated heterocycles. The van der Waals surface area contributed by atoms with Crippen LogP contribution in [0.25, 0.3) is 11.1 Å². The summed E-state index contributed by atoms with van der Waals surface area (Å²) in [6.07, 6.45) is 9.15. The molecule has 2 aromatic heterocycles. The van der Waals surface area contributed by atoms with E-state index in [1.54, 1.807) is 52.2 Å². The minimum absolute atomic E-state index is 0.0410. The van der Waals surface area contributed by atoms with Crippen molar-refractivity contribution in [3.05, 3.63) is 88.7 Å². The maximum absolute atomic E-state index is 13.9. The van der Waals surface area contributed by atoms with Crippen LogP contribution in [-0.4, -0.2) is 63.6 Å². The number of hydrogen-bond acceptors (Lipinski definition) is 9. The number of carbonyl (C=O) groups is 2. The van der Waals surface area contributed by atoms with E-state index >= 15 is 0 Å². The Hall–Kier alpha value is -4.91. The van der Waals surface area contributed by atoms with Gasteiger partial charge in [-0.3, -0.25) is 29.2 Å². The van der Waals surface area contributed by atoms with Gasteiger partial charge in [0.2, 0.25) is 0 Å². The SMILES string of the molecule is CCCCC1=NC2(CCCC2)C(=O)N1Cc1ccc(-c2ccccc2S(=O)(=O)Nc2noc(C)c2C)c(CN(C)C(=O)c2cnc(C)cn2)c1. The lowest BCUT2D eigenvalue weighted by Crippen LogP contribution is -2.40. The van der Waals surface area contributed by atoms with Gasteiger partial charge in [-0.15, -0.1) is 0 Å². The number of benzene rings is 2. The fraction of sp³-hybridized carbons (Fsp3) is 0.405. The Morgan fingerprint density at radius 2 is 1.80 bits per heavy atom. The van der Waals surface area contributed by atoms with E-state index in [2.05, 4.69) is 26.8 Å². The van der Waals surface area contributed by atoms with E-state index in [1.807, 2.05) is 23.1 Å². The van der Waals surface area contributed by atoms with Crippen LogP contribution in [0.3, 0.4) is 0 Å². The van der Waals surface area contributed by atoms with Crippen LogP contribution >= 0.6 is 0 Å². The molecule has 2 aliphatic rings. The molecule has 3 heterocycles. The van der Waals surface area contributed by atoms with E-state index in [4.69, 9.17) is 9.52 Å². The van der Waals surface area contributed by atoms with Crippen LogP contribution in [0.2, 0.25) is 0 Å². The average Bonchev–Trinajstić information content (AvgIpc) is 3.78. The third-order valence-electron chi connectivity index (χ3n) is 9.60. The van der Waals surface area contributed by atoms with Gasteiger partial charge in [0.15, 0.2) is 5.82 Å². The second-order valence-corrected chi connectivity index (χ2v) is 14.9. The van der Waals surface area contributed by atoms with Crippen molar-refractivity contribution in [3.63, 3.8) is 0 Å². The summed E-state index contributed by atoms with van der Waals surface area (Å²) in [5.74, 6) is 1.18. The van der Waals surface area contributed by atoms with Crippen molar-refractivity contribution in [3.8, 4) is 11.1 Å². The summed E-state index contributed by atoms with van der Waals surface area (Å²) in [4.78, 5) is 44.4. The number of sulfonamides is 1. The van der Waals surface area contributed by atoms with E-state index in [0.717, 1.165) is 56.3 Å². The normalized spacial score (nSPS) is 15.5. The molecule has 0 unspecified atom stereocenters. The summed E-state index contributed by atoms with van der Waals surface area (Å²) in [7, 11) is -2.44. The fourth-order valence-corrected chi connectivity index (χ4v) is 7.94. The number of aryl methyl sites for hydroxylation is 2. The molecule has 12 nitrogen and oxygen atoms in total. The van der Waals surface area contributed by atoms with Gasteiger partial charge in [0.05, 0.1) is 23.3 Å². The maximum Gasteiger partial charge on any atom is 0.274 e. The van der Waals surface area contributed by atoms with Crippen molar-refractivity contribution in [2.45, 2.75) is 96.2 Å². The number of rotatable bonds is 12. The minimum Gasteiger partial charge on any atom is -0.359 e. The fourth-order valence-electron chi connectivity index (χ4n) is 6.66. The van der Waals surface area contributed by atoms with Gasteiger partial charge < -0.3 is 9.42 Å². The first-order valence-electron chi connectivity index (χ1n) is 17.0. The van der Waals surface area contributed by atoms with Crippen molar-refractivity contribution in [1.29, 1.82) is 0 Å². The van der Waals surface area contributed by atoms with Gasteiger partial charge in [0.1, 0.15) is 22.8 Å². The largest absolute Gasteiger partial charge is 0.359 e. The molecule has 1 saturated carbocycles. The molecular formula is C37H43N7O5S. The highest BCUT2D eigenvalue weighted by Crippen LogP contribution is 2.40. The lowest BCUT2D eigenvalue weighted by molar-refractivity contribution is -0.131. The molecule has 1 spiro atoms. The predicted molar refractivity (Wildman–Crippen MR) is 190 cm³/mol. The van der Waals surface area contributed by atoms with Gasteiger partial charge in [-0.25, -0.2) is 13.4 Å².